The second-order valence-electron chi connectivity index (χ2n) is 7.50. The van der Waals surface area contributed by atoms with Gasteiger partial charge in [0.05, 0.1) is 18.4 Å². The fourth-order valence-electron chi connectivity index (χ4n) is 3.07. The highest BCUT2D eigenvalue weighted by molar-refractivity contribution is 7.89. The number of benzene rings is 1. The van der Waals surface area contributed by atoms with Crippen molar-refractivity contribution in [1.82, 2.24) is 15.4 Å². The van der Waals surface area contributed by atoms with Crippen molar-refractivity contribution in [3.8, 4) is 5.75 Å². The van der Waals surface area contributed by atoms with E-state index in [1.165, 1.54) is 0 Å². The average molecular weight is 441 g/mol. The van der Waals surface area contributed by atoms with Crippen LogP contribution >= 0.6 is 0 Å². The highest BCUT2D eigenvalue weighted by atomic mass is 32.2. The number of aliphatic imine (C=N–C) groups is 1. The predicted octanol–water partition coefficient (Wildman–Crippen LogP) is 1.81. The third kappa shape index (κ3) is 9.32. The van der Waals surface area contributed by atoms with Gasteiger partial charge < -0.3 is 20.1 Å². The van der Waals surface area contributed by atoms with E-state index in [1.54, 1.807) is 0 Å². The Labute approximate surface area is 180 Å². The van der Waals surface area contributed by atoms with Crippen LogP contribution in [0, 0.1) is 6.92 Å². The summed E-state index contributed by atoms with van der Waals surface area (Å²) in [5.74, 6) is 1.39. The molecule has 1 aliphatic heterocycles. The molecule has 0 radical (unpaired) electrons. The zero-order chi connectivity index (χ0) is 21.8. The summed E-state index contributed by atoms with van der Waals surface area (Å²) in [5, 5.41) is 6.21. The van der Waals surface area contributed by atoms with Gasteiger partial charge in [0.25, 0.3) is 0 Å². The molecule has 1 aromatic rings. The average Bonchev–Trinajstić information content (AvgIpc) is 2.73. The monoisotopic (exact) mass is 440 g/mol. The number of guanidine groups is 1. The van der Waals surface area contributed by atoms with Crippen LogP contribution in [0.1, 0.15) is 38.7 Å². The highest BCUT2D eigenvalue weighted by Crippen LogP contribution is 2.17. The summed E-state index contributed by atoms with van der Waals surface area (Å²) in [7, 11) is -3.37. The van der Waals surface area contributed by atoms with Crippen molar-refractivity contribution in [2.24, 2.45) is 4.99 Å². The third-order valence-electron chi connectivity index (χ3n) is 4.74. The van der Waals surface area contributed by atoms with Gasteiger partial charge in [0.2, 0.25) is 10.0 Å². The first-order valence-corrected chi connectivity index (χ1v) is 12.4. The third-order valence-corrected chi connectivity index (χ3v) is 6.09. The Hall–Kier alpha value is -1.84. The first-order chi connectivity index (χ1) is 14.4. The fourth-order valence-corrected chi connectivity index (χ4v) is 4.02. The minimum atomic E-state index is -3.37. The molecule has 30 heavy (non-hydrogen) atoms. The molecule has 9 heteroatoms. The van der Waals surface area contributed by atoms with E-state index < -0.39 is 10.0 Å². The lowest BCUT2D eigenvalue weighted by molar-refractivity contribution is 0.0200. The first-order valence-electron chi connectivity index (χ1n) is 10.7. The molecular weight excluding hydrogens is 404 g/mol. The molecule has 0 amide bonds. The van der Waals surface area contributed by atoms with Gasteiger partial charge >= 0.3 is 0 Å². The summed E-state index contributed by atoms with van der Waals surface area (Å²) in [6, 6.07) is 7.86. The molecule has 1 saturated heterocycles. The lowest BCUT2D eigenvalue weighted by Crippen LogP contribution is -2.43. The molecule has 2 rings (SSSR count). The normalized spacial score (nSPS) is 18.6. The molecule has 1 aromatic carbocycles. The Balaban J connectivity index is 1.76. The van der Waals surface area contributed by atoms with Gasteiger partial charge in [0.1, 0.15) is 11.9 Å². The van der Waals surface area contributed by atoms with Crippen LogP contribution in [-0.4, -0.2) is 65.1 Å². The van der Waals surface area contributed by atoms with Crippen LogP contribution in [0.25, 0.3) is 0 Å². The Bertz CT molecular complexity index is 764. The molecule has 2 atom stereocenters. The van der Waals surface area contributed by atoms with E-state index in [0.717, 1.165) is 30.6 Å². The number of para-hydroxylation sites is 1. The van der Waals surface area contributed by atoms with E-state index in [4.69, 9.17) is 9.47 Å². The van der Waals surface area contributed by atoms with Gasteiger partial charge in [-0.15, -0.1) is 0 Å². The quantitative estimate of drug-likeness (QED) is 0.358. The molecule has 0 saturated carbocycles. The molecule has 2 unspecified atom stereocenters. The summed E-state index contributed by atoms with van der Waals surface area (Å²) >= 11 is 0. The molecule has 1 fully saturated rings. The van der Waals surface area contributed by atoms with E-state index in [0.29, 0.717) is 32.2 Å². The van der Waals surface area contributed by atoms with Gasteiger partial charge in [-0.05, 0) is 51.7 Å². The number of rotatable bonds is 11. The van der Waals surface area contributed by atoms with Crippen molar-refractivity contribution >= 4 is 16.0 Å². The number of hydrogen-bond acceptors (Lipinski definition) is 5. The maximum absolute atomic E-state index is 12.2. The van der Waals surface area contributed by atoms with E-state index in [-0.39, 0.29) is 24.5 Å². The maximum atomic E-state index is 12.2. The van der Waals surface area contributed by atoms with Crippen molar-refractivity contribution in [2.75, 3.05) is 38.5 Å². The largest absolute Gasteiger partial charge is 0.489 e. The van der Waals surface area contributed by atoms with Crippen molar-refractivity contribution in [1.29, 1.82) is 0 Å². The Kier molecular flexibility index (Phi) is 10.4. The second kappa shape index (κ2) is 12.8. The maximum Gasteiger partial charge on any atom is 0.213 e. The second-order valence-corrected chi connectivity index (χ2v) is 9.42. The molecule has 0 bridgehead atoms. The van der Waals surface area contributed by atoms with Gasteiger partial charge in [-0.2, -0.15) is 0 Å². The van der Waals surface area contributed by atoms with Gasteiger partial charge in [-0.3, -0.25) is 0 Å². The van der Waals surface area contributed by atoms with E-state index in [2.05, 4.69) is 20.3 Å². The van der Waals surface area contributed by atoms with E-state index >= 15 is 0 Å². The van der Waals surface area contributed by atoms with Crippen LogP contribution in [0.5, 0.6) is 5.75 Å². The predicted molar refractivity (Wildman–Crippen MR) is 121 cm³/mol. The van der Waals surface area contributed by atoms with Gasteiger partial charge in [-0.25, -0.2) is 18.1 Å². The molecule has 0 aliphatic carbocycles. The number of aryl methyl sites for hydroxylation is 1. The zero-order valence-corrected chi connectivity index (χ0v) is 19.1. The lowest BCUT2D eigenvalue weighted by Gasteiger charge is -2.22. The summed E-state index contributed by atoms with van der Waals surface area (Å²) in [4.78, 5) is 4.51. The lowest BCUT2D eigenvalue weighted by atomic mass is 10.1. The number of ether oxygens (including phenoxy) is 2. The molecule has 1 heterocycles. The molecule has 0 spiro atoms. The summed E-state index contributed by atoms with van der Waals surface area (Å²) in [6.45, 7) is 8.38. The van der Waals surface area contributed by atoms with Gasteiger partial charge in [0, 0.05) is 26.2 Å². The van der Waals surface area contributed by atoms with Crippen LogP contribution in [0.4, 0.5) is 0 Å². The van der Waals surface area contributed by atoms with Crippen LogP contribution in [0.3, 0.4) is 0 Å². The number of nitrogens with zero attached hydrogens (tertiary/aromatic N) is 1. The highest BCUT2D eigenvalue weighted by Gasteiger charge is 2.17. The van der Waals surface area contributed by atoms with Gasteiger partial charge in [-0.1, -0.05) is 18.2 Å². The van der Waals surface area contributed by atoms with Crippen LogP contribution in [0.2, 0.25) is 0 Å². The Morgan fingerprint density at radius 3 is 2.80 bits per heavy atom. The smallest absolute Gasteiger partial charge is 0.213 e. The van der Waals surface area contributed by atoms with Gasteiger partial charge in [0.15, 0.2) is 5.96 Å². The summed E-state index contributed by atoms with van der Waals surface area (Å²) in [6.07, 6.45) is 2.91. The molecule has 3 N–H and O–H groups in total. The van der Waals surface area contributed by atoms with Crippen molar-refractivity contribution in [2.45, 2.75) is 52.2 Å². The van der Waals surface area contributed by atoms with Crippen molar-refractivity contribution < 1.29 is 17.9 Å². The molecule has 1 aliphatic rings. The minimum absolute atomic E-state index is 0.0184. The molecule has 0 aromatic heterocycles. The summed E-state index contributed by atoms with van der Waals surface area (Å²) < 4.78 is 38.6. The zero-order valence-electron chi connectivity index (χ0n) is 18.3. The SMILES string of the molecule is CCNC(=NCC(C)Oc1ccccc1C)NCCS(=O)(=O)NCC1CCCCO1. The molecular formula is C21H36N4O4S. The number of sulfonamides is 1. The van der Waals surface area contributed by atoms with Crippen LogP contribution in [0.15, 0.2) is 29.3 Å². The Morgan fingerprint density at radius 2 is 2.10 bits per heavy atom. The van der Waals surface area contributed by atoms with Crippen molar-refractivity contribution in [3.63, 3.8) is 0 Å². The first kappa shape index (κ1) is 24.4. The fraction of sp³-hybridized carbons (Fsp3) is 0.667. The summed E-state index contributed by atoms with van der Waals surface area (Å²) in [5.41, 5.74) is 1.08. The Morgan fingerprint density at radius 1 is 1.30 bits per heavy atom. The minimum Gasteiger partial charge on any atom is -0.489 e. The van der Waals surface area contributed by atoms with Crippen LogP contribution < -0.4 is 20.1 Å². The van der Waals surface area contributed by atoms with Crippen LogP contribution in [-0.2, 0) is 14.8 Å². The van der Waals surface area contributed by atoms with Crippen molar-refractivity contribution in [3.05, 3.63) is 29.8 Å². The standard InChI is InChI=1S/C21H36N4O4S/c1-4-22-21(24-15-18(3)29-20-11-6-5-9-17(20)2)23-12-14-30(26,27)25-16-19-10-7-8-13-28-19/h5-6,9,11,18-19,25H,4,7-8,10,12-16H2,1-3H3,(H2,22,23,24). The molecule has 170 valence electrons. The topological polar surface area (TPSA) is 101 Å². The number of nitrogens with one attached hydrogen (secondary N) is 3. The number of hydrogen-bond donors (Lipinski definition) is 3. The van der Waals surface area contributed by atoms with E-state index in [1.807, 2.05) is 45.0 Å². The molecule has 8 nitrogen and oxygen atoms in total. The van der Waals surface area contributed by atoms with E-state index in [9.17, 15) is 8.42 Å².